The summed E-state index contributed by atoms with van der Waals surface area (Å²) in [4.78, 5) is 42.3. The number of carbonyl (C=O) groups excluding carboxylic acids is 4. The number of esters is 2. The summed E-state index contributed by atoms with van der Waals surface area (Å²) in [7, 11) is 0. The molecule has 0 bridgehead atoms. The minimum absolute atomic E-state index is 0. The molecule has 0 heterocycles. The Morgan fingerprint density at radius 2 is 0.655 bits per heavy atom. The van der Waals surface area contributed by atoms with Crippen molar-refractivity contribution in [3.8, 4) is 0 Å². The summed E-state index contributed by atoms with van der Waals surface area (Å²) < 4.78 is 9.75. The molecule has 0 N–H and O–H groups in total. The van der Waals surface area contributed by atoms with Crippen LogP contribution in [0.4, 0.5) is 0 Å². The van der Waals surface area contributed by atoms with E-state index in [1.807, 2.05) is 0 Å². The zero-order chi connectivity index (χ0) is 41.5. The van der Waals surface area contributed by atoms with Crippen molar-refractivity contribution in [3.63, 3.8) is 0 Å². The van der Waals surface area contributed by atoms with E-state index in [2.05, 4.69) is 55.4 Å². The van der Waals surface area contributed by atoms with Crippen LogP contribution < -0.4 is 0 Å². The maximum atomic E-state index is 11.1. The predicted molar refractivity (Wildman–Crippen MR) is 229 cm³/mol. The van der Waals surface area contributed by atoms with Crippen LogP contribution in [0, 0.1) is 25.7 Å². The Bertz CT molecular complexity index is 796. The van der Waals surface area contributed by atoms with Crippen LogP contribution >= 0.6 is 0 Å². The van der Waals surface area contributed by atoms with Crippen molar-refractivity contribution < 1.29 is 38.9 Å². The average molecular weight is 884 g/mol. The van der Waals surface area contributed by atoms with Gasteiger partial charge in [-0.2, -0.15) is 0 Å². The fourth-order valence-electron chi connectivity index (χ4n) is 4.85. The standard InChI is InChI=1S/2C19H33O4.2C4H9.Sn/c2*1-17(2)13-11-9-7-5-3-4-6-8-10-12-16-23-19(22)15-14-18(20)21;2*1-3-4-2;/h2*14-15,17H,3-13,16H2,1-2H3;2*1,3-4H2,2H3;/b2*15-14+;;;. The molecule has 0 aliphatic carbocycles. The molecule has 0 unspecified atom stereocenters. The van der Waals surface area contributed by atoms with Gasteiger partial charge in [-0.15, -0.1) is 0 Å². The molecule has 8 radical (unpaired) electrons. The molecule has 0 spiro atoms. The van der Waals surface area contributed by atoms with Crippen LogP contribution in [0.25, 0.3) is 0 Å². The molecule has 55 heavy (non-hydrogen) atoms. The Balaban J connectivity index is -0.000000249. The molecule has 0 amide bonds. The van der Waals surface area contributed by atoms with Crippen molar-refractivity contribution in [3.05, 3.63) is 38.2 Å². The van der Waals surface area contributed by atoms with Crippen molar-refractivity contribution in [1.82, 2.24) is 0 Å². The summed E-state index contributed by atoms with van der Waals surface area (Å²) in [6.07, 6.45) is 35.1. The maximum Gasteiger partial charge on any atom is 0.379 e. The van der Waals surface area contributed by atoms with E-state index in [4.69, 9.17) is 9.47 Å². The van der Waals surface area contributed by atoms with Crippen LogP contribution in [0.1, 0.15) is 208 Å². The molecule has 0 aromatic rings. The van der Waals surface area contributed by atoms with Gasteiger partial charge in [-0.25, -0.2) is 29.4 Å². The molecule has 0 aliphatic rings. The Morgan fingerprint density at radius 3 is 0.855 bits per heavy atom. The first kappa shape index (κ1) is 62.4. The summed E-state index contributed by atoms with van der Waals surface area (Å²) in [6, 6.07) is 0. The van der Waals surface area contributed by atoms with E-state index in [0.717, 1.165) is 62.5 Å². The minimum Gasteiger partial charge on any atom is -0.463 e. The molecule has 0 rings (SSSR count). The van der Waals surface area contributed by atoms with E-state index in [9.17, 15) is 29.4 Å². The molecule has 0 aromatic carbocycles. The van der Waals surface area contributed by atoms with Gasteiger partial charge in [-0.1, -0.05) is 209 Å². The topological polar surface area (TPSA) is 127 Å². The summed E-state index contributed by atoms with van der Waals surface area (Å²) in [6.45, 7) is 21.3. The molecule has 0 aliphatic heterocycles. The number of hydrogen-bond donors (Lipinski definition) is 0. The van der Waals surface area contributed by atoms with Gasteiger partial charge in [-0.05, 0) is 24.7 Å². The van der Waals surface area contributed by atoms with E-state index in [1.165, 1.54) is 128 Å². The number of unbranched alkanes of at least 4 members (excludes halogenated alkanes) is 20. The smallest absolute Gasteiger partial charge is 0.379 e. The van der Waals surface area contributed by atoms with E-state index in [0.29, 0.717) is 25.4 Å². The average Bonchev–Trinajstić information content (AvgIpc) is 3.13. The first-order chi connectivity index (χ1) is 25.9. The summed E-state index contributed by atoms with van der Waals surface area (Å²) in [5, 5.41) is 20.2. The van der Waals surface area contributed by atoms with Gasteiger partial charge < -0.3 is 9.47 Å². The molecule has 320 valence electrons. The number of carbonyl (C=O) groups is 4. The van der Waals surface area contributed by atoms with Gasteiger partial charge in [0, 0.05) is 48.2 Å². The maximum absolute atomic E-state index is 11.1. The van der Waals surface area contributed by atoms with Gasteiger partial charge in [0.25, 0.3) is 0 Å². The molecule has 8 nitrogen and oxygen atoms in total. The molecule has 0 aromatic heterocycles. The van der Waals surface area contributed by atoms with Crippen molar-refractivity contribution in [2.24, 2.45) is 11.8 Å². The number of hydrogen-bond acceptors (Lipinski definition) is 6. The number of rotatable bonds is 32. The van der Waals surface area contributed by atoms with E-state index in [1.54, 1.807) is 0 Å². The van der Waals surface area contributed by atoms with Gasteiger partial charge in [-0.3, -0.25) is 0 Å². The van der Waals surface area contributed by atoms with Crippen LogP contribution in [0.2, 0.25) is 0 Å². The van der Waals surface area contributed by atoms with Crippen LogP contribution in [0.3, 0.4) is 0 Å². The first-order valence-electron chi connectivity index (χ1n) is 21.6. The van der Waals surface area contributed by atoms with Gasteiger partial charge >= 0.3 is 23.9 Å². The van der Waals surface area contributed by atoms with Gasteiger partial charge in [0.2, 0.25) is 0 Å². The monoisotopic (exact) mass is 885 g/mol. The van der Waals surface area contributed by atoms with Crippen molar-refractivity contribution in [1.29, 1.82) is 0 Å². The minimum atomic E-state index is -1.39. The second kappa shape index (κ2) is 54.3. The van der Waals surface area contributed by atoms with Crippen molar-refractivity contribution >= 4 is 47.8 Å². The Morgan fingerprint density at radius 1 is 0.436 bits per heavy atom. The first-order valence-corrected chi connectivity index (χ1v) is 21.6. The van der Waals surface area contributed by atoms with E-state index >= 15 is 0 Å². The zero-order valence-corrected chi connectivity index (χ0v) is 39.3. The van der Waals surface area contributed by atoms with Crippen LogP contribution in [-0.4, -0.2) is 61.0 Å². The van der Waals surface area contributed by atoms with E-state index < -0.39 is 23.9 Å². The second-order valence-electron chi connectivity index (χ2n) is 14.8. The molecular formula is C46H84O8Sn. The second-order valence-corrected chi connectivity index (χ2v) is 14.8. The van der Waals surface area contributed by atoms with Crippen molar-refractivity contribution in [2.75, 3.05) is 13.2 Å². The summed E-state index contributed by atoms with van der Waals surface area (Å²) >= 11 is 0. The largest absolute Gasteiger partial charge is 0.463 e. The summed E-state index contributed by atoms with van der Waals surface area (Å²) in [5.41, 5.74) is 0. The Hall–Kier alpha value is -1.84. The third-order valence-corrected chi connectivity index (χ3v) is 8.26. The SMILES string of the molecule is CC(C)CCCCCCCCCCCCOC(=O)/C=C/C([O])=O.CC(C)CCCCCCCCCCCCOC(=O)/C=C/C([O])=O.[CH2]CCC.[CH2]CCC.[Sn]. The molecule has 0 saturated carbocycles. The van der Waals surface area contributed by atoms with E-state index in [-0.39, 0.29) is 23.9 Å². The van der Waals surface area contributed by atoms with Crippen LogP contribution in [0.5, 0.6) is 0 Å². The molecule has 0 atom stereocenters. The third-order valence-electron chi connectivity index (χ3n) is 8.26. The Kier molecular flexibility index (Phi) is 61.5. The molecule has 0 fully saturated rings. The van der Waals surface area contributed by atoms with Gasteiger partial charge in [0.05, 0.1) is 13.2 Å². The molecular weight excluding hydrogens is 799 g/mol. The predicted octanol–water partition coefficient (Wildman–Crippen LogP) is 12.8. The summed E-state index contributed by atoms with van der Waals surface area (Å²) in [5.74, 6) is -2.35. The normalized spacial score (nSPS) is 10.5. The molecule has 9 heteroatoms. The fraction of sp³-hybridized carbons (Fsp3) is 0.783. The van der Waals surface area contributed by atoms with Crippen molar-refractivity contribution in [2.45, 2.75) is 208 Å². The van der Waals surface area contributed by atoms with Gasteiger partial charge in [0.1, 0.15) is 0 Å². The Labute approximate surface area is 356 Å². The molecule has 0 saturated heterocycles. The van der Waals surface area contributed by atoms with Crippen LogP contribution in [0.15, 0.2) is 24.3 Å². The zero-order valence-electron chi connectivity index (χ0n) is 36.4. The van der Waals surface area contributed by atoms with Gasteiger partial charge in [0.15, 0.2) is 0 Å². The van der Waals surface area contributed by atoms with Crippen LogP contribution in [-0.2, 0) is 38.9 Å². The quantitative estimate of drug-likeness (QED) is 0.0286. The third kappa shape index (κ3) is 73.8. The fourth-order valence-corrected chi connectivity index (χ4v) is 4.85. The number of ether oxygens (including phenoxy) is 2.